The number of carbonyl (C=O) groups is 2. The molecule has 6 heteroatoms. The van der Waals surface area contributed by atoms with E-state index in [-0.39, 0.29) is 24.7 Å². The van der Waals surface area contributed by atoms with Crippen LogP contribution in [0.1, 0.15) is 18.6 Å². The van der Waals surface area contributed by atoms with Crippen LogP contribution in [-0.2, 0) is 16.1 Å². The van der Waals surface area contributed by atoms with Crippen molar-refractivity contribution in [3.05, 3.63) is 78.8 Å². The summed E-state index contributed by atoms with van der Waals surface area (Å²) in [4.78, 5) is 23.7. The maximum absolute atomic E-state index is 12.0. The summed E-state index contributed by atoms with van der Waals surface area (Å²) in [5.74, 6) is 1.67. The Labute approximate surface area is 157 Å². The van der Waals surface area contributed by atoms with Gasteiger partial charge in [-0.1, -0.05) is 18.2 Å². The van der Waals surface area contributed by atoms with Gasteiger partial charge in [0.2, 0.25) is 11.8 Å². The standard InChI is InChI=1S/C21H20N2O4/c24-20(22-15-19-7-4-14-26-19)12-13-21(25)23-16-8-10-18(11-9-16)27-17-5-2-1-3-6-17/h1-11,14H,12-13,15H2,(H,22,24)(H,23,25). The number of amides is 2. The highest BCUT2D eigenvalue weighted by Crippen LogP contribution is 2.22. The van der Waals surface area contributed by atoms with Crippen molar-refractivity contribution in [2.75, 3.05) is 5.32 Å². The zero-order valence-electron chi connectivity index (χ0n) is 14.7. The normalized spacial score (nSPS) is 10.2. The van der Waals surface area contributed by atoms with E-state index in [1.807, 2.05) is 30.3 Å². The molecule has 3 rings (SSSR count). The van der Waals surface area contributed by atoms with Crippen molar-refractivity contribution in [2.45, 2.75) is 19.4 Å². The van der Waals surface area contributed by atoms with E-state index in [2.05, 4.69) is 10.6 Å². The molecule has 0 aliphatic carbocycles. The molecule has 1 heterocycles. The molecular formula is C21H20N2O4. The summed E-state index contributed by atoms with van der Waals surface area (Å²) in [5.41, 5.74) is 0.649. The lowest BCUT2D eigenvalue weighted by molar-refractivity contribution is -0.124. The van der Waals surface area contributed by atoms with Gasteiger partial charge in [0.1, 0.15) is 17.3 Å². The first-order valence-electron chi connectivity index (χ1n) is 8.61. The molecule has 0 fully saturated rings. The first-order valence-corrected chi connectivity index (χ1v) is 8.61. The van der Waals surface area contributed by atoms with Gasteiger partial charge in [0.25, 0.3) is 0 Å². The van der Waals surface area contributed by atoms with Gasteiger partial charge in [-0.15, -0.1) is 0 Å². The molecule has 6 nitrogen and oxygen atoms in total. The van der Waals surface area contributed by atoms with Gasteiger partial charge in [-0.25, -0.2) is 0 Å². The fourth-order valence-corrected chi connectivity index (χ4v) is 2.37. The van der Waals surface area contributed by atoms with E-state index in [1.165, 1.54) is 0 Å². The monoisotopic (exact) mass is 364 g/mol. The quantitative estimate of drug-likeness (QED) is 0.630. The van der Waals surface area contributed by atoms with Crippen LogP contribution in [0.5, 0.6) is 11.5 Å². The van der Waals surface area contributed by atoms with Crippen LogP contribution in [-0.4, -0.2) is 11.8 Å². The minimum atomic E-state index is -0.222. The summed E-state index contributed by atoms with van der Waals surface area (Å²) < 4.78 is 10.8. The molecule has 2 amide bonds. The molecule has 1 aromatic heterocycles. The second-order valence-electron chi connectivity index (χ2n) is 5.84. The molecule has 0 atom stereocenters. The van der Waals surface area contributed by atoms with Gasteiger partial charge in [-0.3, -0.25) is 9.59 Å². The summed E-state index contributed by atoms with van der Waals surface area (Å²) in [6.45, 7) is 0.316. The summed E-state index contributed by atoms with van der Waals surface area (Å²) in [6.07, 6.45) is 1.76. The second-order valence-corrected chi connectivity index (χ2v) is 5.84. The summed E-state index contributed by atoms with van der Waals surface area (Å²) in [5, 5.41) is 5.47. The van der Waals surface area contributed by atoms with Crippen molar-refractivity contribution in [3.63, 3.8) is 0 Å². The maximum atomic E-state index is 12.0. The lowest BCUT2D eigenvalue weighted by Gasteiger charge is -2.08. The van der Waals surface area contributed by atoms with Crippen LogP contribution in [0.15, 0.2) is 77.4 Å². The molecule has 0 radical (unpaired) electrons. The zero-order chi connectivity index (χ0) is 18.9. The van der Waals surface area contributed by atoms with E-state index in [0.717, 1.165) is 5.75 Å². The maximum Gasteiger partial charge on any atom is 0.224 e. The van der Waals surface area contributed by atoms with Crippen molar-refractivity contribution >= 4 is 17.5 Å². The fraction of sp³-hybridized carbons (Fsp3) is 0.143. The summed E-state index contributed by atoms with van der Waals surface area (Å²) in [6, 6.07) is 20.0. The van der Waals surface area contributed by atoms with Crippen LogP contribution in [0.4, 0.5) is 5.69 Å². The first kappa shape index (κ1) is 18.3. The Morgan fingerprint density at radius 3 is 2.22 bits per heavy atom. The SMILES string of the molecule is O=C(CCC(=O)Nc1ccc(Oc2ccccc2)cc1)NCc1ccco1. The molecule has 0 spiro atoms. The van der Waals surface area contributed by atoms with Gasteiger partial charge in [-0.2, -0.15) is 0 Å². The molecule has 0 unspecified atom stereocenters. The summed E-state index contributed by atoms with van der Waals surface area (Å²) >= 11 is 0. The highest BCUT2D eigenvalue weighted by molar-refractivity contribution is 5.93. The van der Waals surface area contributed by atoms with E-state index in [1.54, 1.807) is 42.7 Å². The number of para-hydroxylation sites is 1. The fourth-order valence-electron chi connectivity index (χ4n) is 2.37. The topological polar surface area (TPSA) is 80.6 Å². The molecule has 0 saturated heterocycles. The van der Waals surface area contributed by atoms with Gasteiger partial charge >= 0.3 is 0 Å². The van der Waals surface area contributed by atoms with Gasteiger partial charge < -0.3 is 19.8 Å². The molecule has 0 saturated carbocycles. The van der Waals surface area contributed by atoms with Gasteiger partial charge in [0.15, 0.2) is 0 Å². The number of rotatable bonds is 8. The number of nitrogens with one attached hydrogen (secondary N) is 2. The van der Waals surface area contributed by atoms with E-state index >= 15 is 0 Å². The molecular weight excluding hydrogens is 344 g/mol. The average molecular weight is 364 g/mol. The van der Waals surface area contributed by atoms with E-state index in [9.17, 15) is 9.59 Å². The Kier molecular flexibility index (Phi) is 6.25. The molecule has 0 aliphatic heterocycles. The van der Waals surface area contributed by atoms with Crippen LogP contribution < -0.4 is 15.4 Å². The molecule has 0 aliphatic rings. The van der Waals surface area contributed by atoms with Crippen molar-refractivity contribution in [3.8, 4) is 11.5 Å². The number of hydrogen-bond donors (Lipinski definition) is 2. The number of anilines is 1. The predicted molar refractivity (Wildman–Crippen MR) is 101 cm³/mol. The predicted octanol–water partition coefficient (Wildman–Crippen LogP) is 4.11. The number of furan rings is 1. The van der Waals surface area contributed by atoms with Crippen LogP contribution >= 0.6 is 0 Å². The zero-order valence-corrected chi connectivity index (χ0v) is 14.7. The second kappa shape index (κ2) is 9.24. The van der Waals surface area contributed by atoms with E-state index < -0.39 is 0 Å². The number of benzene rings is 2. The van der Waals surface area contributed by atoms with Crippen molar-refractivity contribution in [1.29, 1.82) is 0 Å². The number of ether oxygens (including phenoxy) is 1. The molecule has 27 heavy (non-hydrogen) atoms. The molecule has 0 bridgehead atoms. The van der Waals surface area contributed by atoms with Crippen LogP contribution in [0, 0.1) is 0 Å². The third-order valence-electron chi connectivity index (χ3n) is 3.74. The molecule has 2 N–H and O–H groups in total. The van der Waals surface area contributed by atoms with Crippen LogP contribution in [0.3, 0.4) is 0 Å². The molecule has 138 valence electrons. The Bertz CT molecular complexity index is 859. The van der Waals surface area contributed by atoms with Gasteiger partial charge in [0.05, 0.1) is 12.8 Å². The van der Waals surface area contributed by atoms with Crippen molar-refractivity contribution in [2.24, 2.45) is 0 Å². The highest BCUT2D eigenvalue weighted by atomic mass is 16.5. The summed E-state index contributed by atoms with van der Waals surface area (Å²) in [7, 11) is 0. The van der Waals surface area contributed by atoms with E-state index in [0.29, 0.717) is 23.7 Å². The lowest BCUT2D eigenvalue weighted by Crippen LogP contribution is -2.24. The average Bonchev–Trinajstić information content (AvgIpc) is 3.21. The Morgan fingerprint density at radius 1 is 0.815 bits per heavy atom. The number of hydrogen-bond acceptors (Lipinski definition) is 4. The Balaban J connectivity index is 1.40. The van der Waals surface area contributed by atoms with Crippen molar-refractivity contribution < 1.29 is 18.7 Å². The smallest absolute Gasteiger partial charge is 0.224 e. The van der Waals surface area contributed by atoms with Crippen molar-refractivity contribution in [1.82, 2.24) is 5.32 Å². The largest absolute Gasteiger partial charge is 0.467 e. The lowest BCUT2D eigenvalue weighted by atomic mass is 10.2. The van der Waals surface area contributed by atoms with E-state index in [4.69, 9.17) is 9.15 Å². The minimum absolute atomic E-state index is 0.103. The van der Waals surface area contributed by atoms with Gasteiger partial charge in [0, 0.05) is 18.5 Å². The van der Waals surface area contributed by atoms with Crippen LogP contribution in [0.25, 0.3) is 0 Å². The number of carbonyl (C=O) groups excluding carboxylic acids is 2. The molecule has 3 aromatic rings. The highest BCUT2D eigenvalue weighted by Gasteiger charge is 2.08. The van der Waals surface area contributed by atoms with Crippen LogP contribution in [0.2, 0.25) is 0 Å². The Hall–Kier alpha value is -3.54. The third kappa shape index (κ3) is 6.04. The Morgan fingerprint density at radius 2 is 1.52 bits per heavy atom. The minimum Gasteiger partial charge on any atom is -0.467 e. The molecule has 2 aromatic carbocycles. The first-order chi connectivity index (χ1) is 13.2. The van der Waals surface area contributed by atoms with Gasteiger partial charge in [-0.05, 0) is 48.5 Å². The third-order valence-corrected chi connectivity index (χ3v) is 3.74.